The van der Waals surface area contributed by atoms with E-state index in [2.05, 4.69) is 37.7 Å². The molecule has 1 unspecified atom stereocenters. The van der Waals surface area contributed by atoms with E-state index in [1.54, 1.807) is 6.20 Å². The average Bonchev–Trinajstić information content (AvgIpc) is 2.43. The number of rotatable bonds is 9. The normalized spacial score (nSPS) is 12.7. The van der Waals surface area contributed by atoms with E-state index in [4.69, 9.17) is 10.5 Å². The first-order chi connectivity index (χ1) is 9.58. The van der Waals surface area contributed by atoms with E-state index in [1.165, 1.54) is 25.7 Å². The Kier molecular flexibility index (Phi) is 7.52. The Balaban J connectivity index is 2.58. The van der Waals surface area contributed by atoms with Gasteiger partial charge in [-0.15, -0.1) is 0 Å². The molecule has 0 aliphatic heterocycles. The highest BCUT2D eigenvalue weighted by Gasteiger charge is 2.12. The summed E-state index contributed by atoms with van der Waals surface area (Å²) in [6.45, 7) is 8.86. The van der Waals surface area contributed by atoms with E-state index in [-0.39, 0.29) is 6.10 Å². The topological polar surface area (TPSA) is 61.0 Å². The summed E-state index contributed by atoms with van der Waals surface area (Å²) >= 11 is 0. The first-order valence-corrected chi connectivity index (χ1v) is 7.81. The van der Waals surface area contributed by atoms with Crippen molar-refractivity contribution in [1.82, 2.24) is 9.97 Å². The van der Waals surface area contributed by atoms with Gasteiger partial charge in [0.15, 0.2) is 5.75 Å². The van der Waals surface area contributed by atoms with Gasteiger partial charge in [-0.25, -0.2) is 9.97 Å². The van der Waals surface area contributed by atoms with Crippen LogP contribution in [-0.4, -0.2) is 16.1 Å². The number of hydrogen-bond donors (Lipinski definition) is 1. The summed E-state index contributed by atoms with van der Waals surface area (Å²) in [5.74, 6) is 1.87. The highest BCUT2D eigenvalue weighted by molar-refractivity contribution is 5.25. The minimum atomic E-state index is 0.186. The number of nitrogens with two attached hydrogens (primary N) is 1. The van der Waals surface area contributed by atoms with E-state index in [0.717, 1.165) is 23.7 Å². The van der Waals surface area contributed by atoms with Gasteiger partial charge < -0.3 is 10.5 Å². The van der Waals surface area contributed by atoms with Gasteiger partial charge in [-0.2, -0.15) is 0 Å². The summed E-state index contributed by atoms with van der Waals surface area (Å²) in [5.41, 5.74) is 6.57. The van der Waals surface area contributed by atoms with E-state index >= 15 is 0 Å². The van der Waals surface area contributed by atoms with Crippen LogP contribution in [0.3, 0.4) is 0 Å². The molecular weight excluding hydrogens is 250 g/mol. The zero-order valence-electron chi connectivity index (χ0n) is 13.4. The Morgan fingerprint density at radius 3 is 2.55 bits per heavy atom. The molecule has 114 valence electrons. The zero-order chi connectivity index (χ0) is 15.0. The summed E-state index contributed by atoms with van der Waals surface area (Å²) < 4.78 is 5.95. The summed E-state index contributed by atoms with van der Waals surface area (Å²) in [6, 6.07) is 0. The maximum atomic E-state index is 5.95. The second-order valence-corrected chi connectivity index (χ2v) is 5.68. The van der Waals surface area contributed by atoms with Crippen LogP contribution >= 0.6 is 0 Å². The van der Waals surface area contributed by atoms with Gasteiger partial charge in [0.05, 0.1) is 18.0 Å². The van der Waals surface area contributed by atoms with Crippen molar-refractivity contribution in [3.8, 4) is 5.75 Å². The van der Waals surface area contributed by atoms with Gasteiger partial charge in [0.2, 0.25) is 0 Å². The smallest absolute Gasteiger partial charge is 0.160 e. The van der Waals surface area contributed by atoms with Gasteiger partial charge in [-0.1, -0.05) is 40.0 Å². The maximum absolute atomic E-state index is 5.95. The van der Waals surface area contributed by atoms with Crippen LogP contribution in [-0.2, 0) is 6.54 Å². The van der Waals surface area contributed by atoms with Crippen LogP contribution in [0.25, 0.3) is 0 Å². The van der Waals surface area contributed by atoms with Gasteiger partial charge in [-0.05, 0) is 19.8 Å². The molecule has 1 aromatic heterocycles. The fraction of sp³-hybridized carbons (Fsp3) is 0.750. The van der Waals surface area contributed by atoms with Crippen molar-refractivity contribution in [2.24, 2.45) is 5.73 Å². The molecule has 2 N–H and O–H groups in total. The molecule has 0 aromatic carbocycles. The number of unbranched alkanes of at least 4 members (excludes halogenated alkanes) is 3. The van der Waals surface area contributed by atoms with Gasteiger partial charge in [0.1, 0.15) is 5.82 Å². The molecule has 4 nitrogen and oxygen atoms in total. The minimum Gasteiger partial charge on any atom is -0.487 e. The second kappa shape index (κ2) is 8.90. The van der Waals surface area contributed by atoms with Crippen LogP contribution in [0.15, 0.2) is 6.20 Å². The lowest BCUT2D eigenvalue weighted by Gasteiger charge is -2.17. The molecule has 1 aromatic rings. The van der Waals surface area contributed by atoms with E-state index in [1.807, 2.05) is 0 Å². The van der Waals surface area contributed by atoms with Crippen LogP contribution < -0.4 is 10.5 Å². The molecule has 0 aliphatic carbocycles. The zero-order valence-corrected chi connectivity index (χ0v) is 13.4. The minimum absolute atomic E-state index is 0.186. The van der Waals surface area contributed by atoms with Crippen molar-refractivity contribution in [1.29, 1.82) is 0 Å². The van der Waals surface area contributed by atoms with Crippen molar-refractivity contribution in [3.05, 3.63) is 17.7 Å². The molecule has 0 amide bonds. The SMILES string of the molecule is CCCCCCC(C)Oc1cnc(C(C)C)nc1CN. The molecule has 1 rings (SSSR count). The maximum Gasteiger partial charge on any atom is 0.160 e. The molecule has 0 fully saturated rings. The van der Waals surface area contributed by atoms with Gasteiger partial charge >= 0.3 is 0 Å². The molecule has 0 radical (unpaired) electrons. The van der Waals surface area contributed by atoms with Crippen LogP contribution in [0.1, 0.15) is 77.2 Å². The molecule has 0 aliphatic rings. The van der Waals surface area contributed by atoms with Gasteiger partial charge in [0.25, 0.3) is 0 Å². The fourth-order valence-corrected chi connectivity index (χ4v) is 2.08. The summed E-state index contributed by atoms with van der Waals surface area (Å²) in [4.78, 5) is 8.85. The van der Waals surface area contributed by atoms with Crippen LogP contribution in [0.2, 0.25) is 0 Å². The lowest BCUT2D eigenvalue weighted by molar-refractivity contribution is 0.202. The summed E-state index contributed by atoms with van der Waals surface area (Å²) in [7, 11) is 0. The first kappa shape index (κ1) is 16.9. The Bertz CT molecular complexity index is 393. The third kappa shape index (κ3) is 5.45. The Labute approximate surface area is 123 Å². The standard InChI is InChI=1S/C16H29N3O/c1-5-6-7-8-9-13(4)20-15-11-18-16(12(2)3)19-14(15)10-17/h11-13H,5-10,17H2,1-4H3. The lowest BCUT2D eigenvalue weighted by Crippen LogP contribution is -2.16. The van der Waals surface area contributed by atoms with Crippen molar-refractivity contribution < 1.29 is 4.74 Å². The number of ether oxygens (including phenoxy) is 1. The highest BCUT2D eigenvalue weighted by atomic mass is 16.5. The van der Waals surface area contributed by atoms with Crippen LogP contribution in [0.4, 0.5) is 0 Å². The molecule has 1 atom stereocenters. The van der Waals surface area contributed by atoms with Gasteiger partial charge in [-0.3, -0.25) is 0 Å². The molecule has 4 heteroatoms. The Morgan fingerprint density at radius 2 is 1.95 bits per heavy atom. The van der Waals surface area contributed by atoms with E-state index in [0.29, 0.717) is 12.5 Å². The molecule has 0 spiro atoms. The Morgan fingerprint density at radius 1 is 1.20 bits per heavy atom. The van der Waals surface area contributed by atoms with Crippen LogP contribution in [0, 0.1) is 0 Å². The summed E-state index contributed by atoms with van der Waals surface area (Å²) in [6.07, 6.45) is 8.06. The number of aromatic nitrogens is 2. The van der Waals surface area contributed by atoms with Crippen molar-refractivity contribution >= 4 is 0 Å². The quantitative estimate of drug-likeness (QED) is 0.698. The molecule has 1 heterocycles. The predicted octanol–water partition coefficient (Wildman–Crippen LogP) is 3.80. The predicted molar refractivity (Wildman–Crippen MR) is 82.9 cm³/mol. The molecule has 0 saturated carbocycles. The van der Waals surface area contributed by atoms with E-state index < -0.39 is 0 Å². The number of nitrogens with zero attached hydrogens (tertiary/aromatic N) is 2. The highest BCUT2D eigenvalue weighted by Crippen LogP contribution is 2.20. The van der Waals surface area contributed by atoms with Crippen molar-refractivity contribution in [2.75, 3.05) is 0 Å². The second-order valence-electron chi connectivity index (χ2n) is 5.68. The van der Waals surface area contributed by atoms with Gasteiger partial charge in [0, 0.05) is 12.5 Å². The molecular formula is C16H29N3O. The third-order valence-electron chi connectivity index (χ3n) is 3.35. The number of hydrogen-bond acceptors (Lipinski definition) is 4. The first-order valence-electron chi connectivity index (χ1n) is 7.81. The average molecular weight is 279 g/mol. The third-order valence-corrected chi connectivity index (χ3v) is 3.35. The molecule has 0 bridgehead atoms. The summed E-state index contributed by atoms with van der Waals surface area (Å²) in [5, 5.41) is 0. The largest absolute Gasteiger partial charge is 0.487 e. The molecule has 20 heavy (non-hydrogen) atoms. The van der Waals surface area contributed by atoms with Crippen LogP contribution in [0.5, 0.6) is 5.75 Å². The lowest BCUT2D eigenvalue weighted by atomic mass is 10.1. The monoisotopic (exact) mass is 279 g/mol. The Hall–Kier alpha value is -1.16. The van der Waals surface area contributed by atoms with E-state index in [9.17, 15) is 0 Å². The fourth-order valence-electron chi connectivity index (χ4n) is 2.08. The van der Waals surface area contributed by atoms with Crippen molar-refractivity contribution in [2.45, 2.75) is 78.4 Å². The molecule has 0 saturated heterocycles. The van der Waals surface area contributed by atoms with Crippen molar-refractivity contribution in [3.63, 3.8) is 0 Å².